The number of benzene rings is 2. The molecule has 5 aliphatic rings. The number of carboxylic acids is 1. The van der Waals surface area contributed by atoms with Gasteiger partial charge in [-0.25, -0.2) is 9.59 Å². The third kappa shape index (κ3) is 9.78. The van der Waals surface area contributed by atoms with Crippen LogP contribution < -0.4 is 15.3 Å². The minimum atomic E-state index is -1.16. The molecule has 4 N–H and O–H groups in total. The molecule has 61 heavy (non-hydrogen) atoms. The van der Waals surface area contributed by atoms with Crippen LogP contribution in [0.4, 0.5) is 0 Å². The van der Waals surface area contributed by atoms with Gasteiger partial charge in [0.2, 0.25) is 11.8 Å². The first kappa shape index (κ1) is 44.6. The molecule has 2 bridgehead atoms. The molecule has 0 spiro atoms. The third-order valence-corrected chi connectivity index (χ3v) is 14.4. The van der Waals surface area contributed by atoms with E-state index < -0.39 is 31.8 Å². The average molecular weight is 869 g/mol. The van der Waals surface area contributed by atoms with Crippen molar-refractivity contribution in [2.24, 2.45) is 17.3 Å². The third-order valence-electron chi connectivity index (χ3n) is 12.6. The zero-order chi connectivity index (χ0) is 43.9. The monoisotopic (exact) mass is 868 g/mol. The number of aromatic carboxylic acids is 1. The smallest absolute Gasteiger partial charge is 0.525 e. The maximum Gasteiger partial charge on any atom is 0.525 e. The standard InChI is InChI=1S/C30H40BNO5S.C15H14BNO5S/c1-18-21(11-8-12-22(18)27(34)35-28(2,3)4)23(32-26(33)16-20-10-9-13-38-20)17-31-36-25-15-19-14-24(29(19,5)6)30(25,7)37-31;18-13(7-9-3-2-6-23-9)17-12-8-16(21)22-14-10(12)4-1-5-11(14)15(19)20/h8-13,19,23-25H,14-17H2,1-7H3,(H,32,33);1-6,12,21H,7-8H2,(H,17,18)(H,19,20)/t19-,23?,24-,25?,30-;/m0./s1. The Balaban J connectivity index is 0.000000208. The molecular formula is C45H54B2N2O10S2. The number of carbonyl (C=O) groups excluding carboxylic acids is 3. The van der Waals surface area contributed by atoms with Crippen LogP contribution in [0.25, 0.3) is 0 Å². The van der Waals surface area contributed by atoms with E-state index in [1.165, 1.54) is 23.8 Å². The minimum absolute atomic E-state index is 0.0289. The Morgan fingerprint density at radius 1 is 0.918 bits per heavy atom. The van der Waals surface area contributed by atoms with Crippen LogP contribution in [-0.2, 0) is 36.5 Å². The molecule has 3 saturated carbocycles. The summed E-state index contributed by atoms with van der Waals surface area (Å²) >= 11 is 3.06. The van der Waals surface area contributed by atoms with Crippen LogP contribution in [0.15, 0.2) is 71.4 Å². The topological polar surface area (TPSA) is 170 Å². The highest BCUT2D eigenvalue weighted by Crippen LogP contribution is 2.66. The van der Waals surface area contributed by atoms with E-state index in [0.29, 0.717) is 35.7 Å². The molecule has 4 aromatic rings. The van der Waals surface area contributed by atoms with Crippen LogP contribution >= 0.6 is 22.7 Å². The number of rotatable bonds is 11. The summed E-state index contributed by atoms with van der Waals surface area (Å²) in [6.07, 6.45) is 3.47. The maximum atomic E-state index is 13.2. The Kier molecular flexibility index (Phi) is 13.0. The summed E-state index contributed by atoms with van der Waals surface area (Å²) in [4.78, 5) is 51.5. The Labute approximate surface area is 366 Å². The predicted molar refractivity (Wildman–Crippen MR) is 236 cm³/mol. The number of ether oxygens (including phenoxy) is 1. The molecule has 12 nitrogen and oxygen atoms in total. The van der Waals surface area contributed by atoms with E-state index in [9.17, 15) is 29.3 Å². The Morgan fingerprint density at radius 3 is 2.20 bits per heavy atom. The second-order valence-electron chi connectivity index (χ2n) is 18.2. The molecule has 2 amide bonds. The highest BCUT2D eigenvalue weighted by atomic mass is 32.1. The predicted octanol–water partition coefficient (Wildman–Crippen LogP) is 7.86. The summed E-state index contributed by atoms with van der Waals surface area (Å²) in [5.74, 6) is -0.508. The zero-order valence-electron chi connectivity index (χ0n) is 35.7. The Hall–Kier alpha value is -4.47. The highest BCUT2D eigenvalue weighted by molar-refractivity contribution is 7.10. The van der Waals surface area contributed by atoms with Crippen LogP contribution in [0.1, 0.15) is 114 Å². The Bertz CT molecular complexity index is 2240. The molecule has 4 heterocycles. The van der Waals surface area contributed by atoms with Gasteiger partial charge in [0.15, 0.2) is 0 Å². The normalized spacial score (nSPS) is 23.8. The fourth-order valence-electron chi connectivity index (χ4n) is 9.51. The first-order valence-electron chi connectivity index (χ1n) is 20.8. The van der Waals surface area contributed by atoms with E-state index in [4.69, 9.17) is 18.7 Å². The molecule has 2 aliphatic heterocycles. The number of nitrogens with one attached hydrogen (secondary N) is 2. The summed E-state index contributed by atoms with van der Waals surface area (Å²) in [6, 6.07) is 17.1. The van der Waals surface area contributed by atoms with Gasteiger partial charge >= 0.3 is 26.2 Å². The van der Waals surface area contributed by atoms with Crippen molar-refractivity contribution in [2.45, 2.75) is 116 Å². The van der Waals surface area contributed by atoms with Crippen molar-refractivity contribution < 1.29 is 48.0 Å². The number of para-hydroxylation sites is 1. The van der Waals surface area contributed by atoms with Crippen molar-refractivity contribution in [1.82, 2.24) is 10.6 Å². The van der Waals surface area contributed by atoms with Crippen molar-refractivity contribution >= 4 is 60.7 Å². The molecule has 1 saturated heterocycles. The molecule has 16 heteroatoms. The molecule has 2 aromatic heterocycles. The van der Waals surface area contributed by atoms with E-state index in [0.717, 1.165) is 27.3 Å². The molecule has 9 rings (SSSR count). The van der Waals surface area contributed by atoms with Crippen molar-refractivity contribution in [2.75, 3.05) is 0 Å². The lowest BCUT2D eigenvalue weighted by atomic mass is 9.43. The summed E-state index contributed by atoms with van der Waals surface area (Å²) in [5, 5.41) is 29.0. The lowest BCUT2D eigenvalue weighted by Crippen LogP contribution is -2.65. The highest BCUT2D eigenvalue weighted by Gasteiger charge is 2.67. The van der Waals surface area contributed by atoms with Crippen LogP contribution in [0.5, 0.6) is 5.75 Å². The van der Waals surface area contributed by atoms with E-state index in [1.807, 2.05) is 74.9 Å². The number of esters is 1. The van der Waals surface area contributed by atoms with Gasteiger partial charge in [-0.2, -0.15) is 0 Å². The fraction of sp³-hybridized carbons (Fsp3) is 0.467. The number of hydrogen-bond acceptors (Lipinski definition) is 11. The van der Waals surface area contributed by atoms with E-state index in [1.54, 1.807) is 29.5 Å². The zero-order valence-corrected chi connectivity index (χ0v) is 37.3. The number of carbonyl (C=O) groups is 4. The van der Waals surface area contributed by atoms with Crippen molar-refractivity contribution in [1.29, 1.82) is 0 Å². The van der Waals surface area contributed by atoms with Gasteiger partial charge in [-0.1, -0.05) is 50.2 Å². The van der Waals surface area contributed by atoms with Crippen LogP contribution in [0.2, 0.25) is 12.6 Å². The summed E-state index contributed by atoms with van der Waals surface area (Å²) < 4.78 is 24.2. The summed E-state index contributed by atoms with van der Waals surface area (Å²) in [6.45, 7) is 14.4. The van der Waals surface area contributed by atoms with Gasteiger partial charge in [-0.05, 0) is 111 Å². The average Bonchev–Trinajstić information content (AvgIpc) is 3.95. The van der Waals surface area contributed by atoms with Gasteiger partial charge in [0.1, 0.15) is 16.9 Å². The number of amides is 2. The number of fused-ring (bicyclic) bond motifs is 1. The molecule has 6 atom stereocenters. The van der Waals surface area contributed by atoms with Crippen LogP contribution in [0.3, 0.4) is 0 Å². The van der Waals surface area contributed by atoms with Gasteiger partial charge in [-0.3, -0.25) is 9.59 Å². The van der Waals surface area contributed by atoms with E-state index >= 15 is 0 Å². The van der Waals surface area contributed by atoms with Gasteiger partial charge in [0.25, 0.3) is 0 Å². The molecule has 2 aromatic carbocycles. The maximum absolute atomic E-state index is 13.2. The second kappa shape index (κ2) is 17.7. The number of carboxylic acid groups (broad SMARTS) is 1. The molecule has 322 valence electrons. The second-order valence-corrected chi connectivity index (χ2v) is 20.3. The molecule has 3 unspecified atom stereocenters. The van der Waals surface area contributed by atoms with Crippen molar-refractivity contribution in [3.63, 3.8) is 0 Å². The number of hydrogen-bond donors (Lipinski definition) is 4. The van der Waals surface area contributed by atoms with Gasteiger partial charge < -0.3 is 39.5 Å². The lowest BCUT2D eigenvalue weighted by Gasteiger charge is -2.64. The van der Waals surface area contributed by atoms with Crippen molar-refractivity contribution in [3.8, 4) is 5.75 Å². The largest absolute Gasteiger partial charge is 0.535 e. The van der Waals surface area contributed by atoms with Crippen molar-refractivity contribution in [3.05, 3.63) is 109 Å². The summed E-state index contributed by atoms with van der Waals surface area (Å²) in [5.41, 5.74) is 2.07. The Morgan fingerprint density at radius 2 is 1.57 bits per heavy atom. The summed E-state index contributed by atoms with van der Waals surface area (Å²) in [7, 11) is -1.59. The first-order chi connectivity index (χ1) is 28.8. The van der Waals surface area contributed by atoms with Crippen LogP contribution in [-0.4, -0.2) is 65.4 Å². The lowest BCUT2D eigenvalue weighted by molar-refractivity contribution is -0.199. The minimum Gasteiger partial charge on any atom is -0.535 e. The first-order valence-corrected chi connectivity index (χ1v) is 22.6. The SMILES string of the molecule is Cc1c(C(=O)OC(C)(C)C)cccc1C(CB1OC2C[C@@H]3C[C@@H](C3(C)C)[C@]2(C)O1)NC(=O)Cc1cccs1.O=C(Cc1cccs1)NC1CB(O)Oc2c(C(=O)O)cccc21. The molecular weight excluding hydrogens is 814 g/mol. The molecule has 0 radical (unpaired) electrons. The van der Waals surface area contributed by atoms with Gasteiger partial charge in [0.05, 0.1) is 42.2 Å². The van der Waals surface area contributed by atoms with Crippen LogP contribution in [0, 0.1) is 24.2 Å². The molecule has 3 aliphatic carbocycles. The van der Waals surface area contributed by atoms with E-state index in [-0.39, 0.29) is 65.0 Å². The quantitative estimate of drug-likeness (QED) is 0.0860. The van der Waals surface area contributed by atoms with Gasteiger partial charge in [0, 0.05) is 28.0 Å². The number of thiophene rings is 2. The van der Waals surface area contributed by atoms with E-state index in [2.05, 4.69) is 31.4 Å². The van der Waals surface area contributed by atoms with Gasteiger partial charge in [-0.15, -0.1) is 22.7 Å². The molecule has 4 fully saturated rings. The fourth-order valence-corrected chi connectivity index (χ4v) is 10.9.